The molecule has 1 aromatic carbocycles. The third-order valence-corrected chi connectivity index (χ3v) is 6.36. The van der Waals surface area contributed by atoms with E-state index < -0.39 is 5.92 Å². The highest BCUT2D eigenvalue weighted by molar-refractivity contribution is 5.93. The van der Waals surface area contributed by atoms with E-state index in [0.717, 1.165) is 50.4 Å². The van der Waals surface area contributed by atoms with Crippen molar-refractivity contribution in [1.29, 1.82) is 0 Å². The van der Waals surface area contributed by atoms with Crippen molar-refractivity contribution in [3.05, 3.63) is 64.7 Å². The summed E-state index contributed by atoms with van der Waals surface area (Å²) >= 11 is 0. The van der Waals surface area contributed by atoms with Crippen LogP contribution in [0.2, 0.25) is 0 Å². The Morgan fingerprint density at radius 1 is 1.16 bits per heavy atom. The van der Waals surface area contributed by atoms with E-state index in [2.05, 4.69) is 10.2 Å². The van der Waals surface area contributed by atoms with Gasteiger partial charge >= 0.3 is 0 Å². The number of amides is 1. The summed E-state index contributed by atoms with van der Waals surface area (Å²) in [6.45, 7) is 2.88. The number of rotatable bonds is 5. The van der Waals surface area contributed by atoms with Crippen LogP contribution in [0.3, 0.4) is 0 Å². The minimum Gasteiger partial charge on any atom is -0.451 e. The maximum absolute atomic E-state index is 14.1. The summed E-state index contributed by atoms with van der Waals surface area (Å²) in [7, 11) is 0. The molecule has 3 aromatic rings. The van der Waals surface area contributed by atoms with Gasteiger partial charge in [0.1, 0.15) is 5.76 Å². The molecule has 1 unspecified atom stereocenters. The first-order valence-corrected chi connectivity index (χ1v) is 10.8. The Kier molecular flexibility index (Phi) is 4.72. The molecule has 1 amide bonds. The van der Waals surface area contributed by atoms with Crippen LogP contribution in [0.1, 0.15) is 59.3 Å². The van der Waals surface area contributed by atoms with Gasteiger partial charge in [-0.2, -0.15) is 5.10 Å². The van der Waals surface area contributed by atoms with Gasteiger partial charge in [0.15, 0.2) is 5.76 Å². The fraction of sp³-hybridized carbons (Fsp3) is 0.417. The van der Waals surface area contributed by atoms with Crippen LogP contribution in [0.25, 0.3) is 11.3 Å². The molecule has 0 bridgehead atoms. The molecule has 2 aliphatic rings. The smallest absolute Gasteiger partial charge is 0.290 e. The lowest BCUT2D eigenvalue weighted by atomic mass is 9.90. The number of furan rings is 1. The average molecular weight is 425 g/mol. The number of nitrogens with zero attached hydrogens (tertiary/aromatic N) is 2. The van der Waals surface area contributed by atoms with Gasteiger partial charge in [-0.1, -0.05) is 24.3 Å². The monoisotopic (exact) mass is 425 g/mol. The van der Waals surface area contributed by atoms with E-state index in [1.807, 2.05) is 11.8 Å². The molecule has 0 saturated heterocycles. The fourth-order valence-electron chi connectivity index (χ4n) is 4.65. The zero-order valence-corrected chi connectivity index (χ0v) is 17.6. The van der Waals surface area contributed by atoms with E-state index >= 15 is 0 Å². The Hall–Kier alpha value is -2.96. The molecule has 5 rings (SSSR count). The second-order valence-electron chi connectivity index (χ2n) is 8.71. The van der Waals surface area contributed by atoms with E-state index in [9.17, 15) is 13.6 Å². The van der Waals surface area contributed by atoms with Crippen LogP contribution in [0.15, 0.2) is 40.8 Å². The molecule has 1 fully saturated rings. The van der Waals surface area contributed by atoms with E-state index in [0.29, 0.717) is 5.56 Å². The normalized spacial score (nSPS) is 18.6. The number of hydrogen-bond acceptors (Lipinski definition) is 3. The molecular formula is C24H25F2N3O2. The van der Waals surface area contributed by atoms with Crippen LogP contribution < -0.4 is 0 Å². The number of carbonyl (C=O) groups excluding carboxylic acids is 1. The van der Waals surface area contributed by atoms with Crippen molar-refractivity contribution in [2.75, 3.05) is 0 Å². The number of halogens is 2. The number of carbonyl (C=O) groups is 1. The molecule has 1 atom stereocenters. The first-order chi connectivity index (χ1) is 14.8. The number of aromatic amines is 1. The maximum atomic E-state index is 14.1. The van der Waals surface area contributed by atoms with Gasteiger partial charge in [-0.3, -0.25) is 9.89 Å². The van der Waals surface area contributed by atoms with Gasteiger partial charge < -0.3 is 9.32 Å². The number of hydrogen-bond donors (Lipinski definition) is 1. The van der Waals surface area contributed by atoms with Crippen molar-refractivity contribution in [3.8, 4) is 11.3 Å². The summed E-state index contributed by atoms with van der Waals surface area (Å²) in [6, 6.07) is 9.78. The number of aryl methyl sites for hydroxylation is 2. The highest BCUT2D eigenvalue weighted by Crippen LogP contribution is 2.38. The molecule has 2 aliphatic carbocycles. The largest absolute Gasteiger partial charge is 0.451 e. The number of aromatic nitrogens is 2. The first kappa shape index (κ1) is 20.0. The summed E-state index contributed by atoms with van der Waals surface area (Å²) in [5, 5.41) is 7.42. The lowest BCUT2D eigenvalue weighted by Gasteiger charge is -2.34. The Morgan fingerprint density at radius 3 is 2.68 bits per heavy atom. The highest BCUT2D eigenvalue weighted by Gasteiger charge is 2.40. The Balaban J connectivity index is 1.43. The predicted molar refractivity (Wildman–Crippen MR) is 112 cm³/mol. The standard InChI is InChI=1S/C24H25F2N3O2/c1-14-18-13-16(9-10-20(18)28-27-14)29(15-7-8-15)23(30)22-12-11-21(31-22)17-5-3-4-6-19(17)24(2,25)26/h3-6,11-12,15-16H,7-10,13H2,1-2H3,(H,27,28). The number of alkyl halides is 2. The predicted octanol–water partition coefficient (Wildman–Crippen LogP) is 5.25. The lowest BCUT2D eigenvalue weighted by Crippen LogP contribution is -2.44. The van der Waals surface area contributed by atoms with Crippen LogP contribution in [-0.2, 0) is 18.8 Å². The molecule has 162 valence electrons. The van der Waals surface area contributed by atoms with Gasteiger partial charge in [-0.15, -0.1) is 0 Å². The summed E-state index contributed by atoms with van der Waals surface area (Å²) in [6.07, 6.45) is 4.44. The quantitative estimate of drug-likeness (QED) is 0.607. The zero-order valence-electron chi connectivity index (χ0n) is 17.6. The topological polar surface area (TPSA) is 62.1 Å². The molecule has 1 N–H and O–H groups in total. The Bertz CT molecular complexity index is 1120. The molecule has 0 spiro atoms. The molecule has 7 heteroatoms. The SMILES string of the molecule is Cc1[nH]nc2c1CC(N(C(=O)c1ccc(-c3ccccc3C(C)(F)F)o1)C1CC1)CC2. The van der Waals surface area contributed by atoms with Crippen molar-refractivity contribution in [2.45, 2.75) is 64.0 Å². The van der Waals surface area contributed by atoms with Gasteiger partial charge in [0.05, 0.1) is 5.69 Å². The van der Waals surface area contributed by atoms with Crippen LogP contribution >= 0.6 is 0 Å². The summed E-state index contributed by atoms with van der Waals surface area (Å²) in [5.74, 6) is -2.68. The molecule has 5 nitrogen and oxygen atoms in total. The molecule has 2 heterocycles. The first-order valence-electron chi connectivity index (χ1n) is 10.8. The van der Waals surface area contributed by atoms with Crippen LogP contribution in [0.5, 0.6) is 0 Å². The number of H-pyrrole nitrogens is 1. The fourth-order valence-corrected chi connectivity index (χ4v) is 4.65. The van der Waals surface area contributed by atoms with Crippen molar-refractivity contribution in [2.24, 2.45) is 0 Å². The van der Waals surface area contributed by atoms with E-state index in [1.165, 1.54) is 11.6 Å². The molecule has 2 aromatic heterocycles. The third-order valence-electron chi connectivity index (χ3n) is 6.36. The summed E-state index contributed by atoms with van der Waals surface area (Å²) in [5.41, 5.74) is 3.55. The Labute approximate surface area is 179 Å². The summed E-state index contributed by atoms with van der Waals surface area (Å²) < 4.78 is 34.0. The van der Waals surface area contributed by atoms with Gasteiger partial charge in [0, 0.05) is 35.8 Å². The minimum absolute atomic E-state index is 0.0876. The molecule has 1 saturated carbocycles. The van der Waals surface area contributed by atoms with Crippen LogP contribution in [0.4, 0.5) is 8.78 Å². The second kappa shape index (κ2) is 7.32. The van der Waals surface area contributed by atoms with Crippen molar-refractivity contribution in [3.63, 3.8) is 0 Å². The number of fused-ring (bicyclic) bond motifs is 1. The highest BCUT2D eigenvalue weighted by atomic mass is 19.3. The van der Waals surface area contributed by atoms with Gasteiger partial charge in [-0.05, 0) is 56.7 Å². The van der Waals surface area contributed by atoms with Gasteiger partial charge in [0.25, 0.3) is 11.8 Å². The molecule has 0 radical (unpaired) electrons. The average Bonchev–Trinajstić information content (AvgIpc) is 3.32. The van der Waals surface area contributed by atoms with E-state index in [1.54, 1.807) is 30.3 Å². The molecular weight excluding hydrogens is 400 g/mol. The second-order valence-corrected chi connectivity index (χ2v) is 8.71. The van der Waals surface area contributed by atoms with Crippen molar-refractivity contribution >= 4 is 5.91 Å². The van der Waals surface area contributed by atoms with Gasteiger partial charge in [0.2, 0.25) is 0 Å². The minimum atomic E-state index is -3.00. The van der Waals surface area contributed by atoms with Crippen LogP contribution in [0, 0.1) is 6.92 Å². The van der Waals surface area contributed by atoms with Crippen molar-refractivity contribution in [1.82, 2.24) is 15.1 Å². The van der Waals surface area contributed by atoms with E-state index in [4.69, 9.17) is 4.42 Å². The number of benzene rings is 1. The zero-order chi connectivity index (χ0) is 21.8. The molecule has 31 heavy (non-hydrogen) atoms. The Morgan fingerprint density at radius 2 is 1.94 bits per heavy atom. The summed E-state index contributed by atoms with van der Waals surface area (Å²) in [4.78, 5) is 15.4. The van der Waals surface area contributed by atoms with E-state index in [-0.39, 0.29) is 35.1 Å². The maximum Gasteiger partial charge on any atom is 0.290 e. The molecule has 0 aliphatic heterocycles. The van der Waals surface area contributed by atoms with Gasteiger partial charge in [-0.25, -0.2) is 8.78 Å². The van der Waals surface area contributed by atoms with Crippen LogP contribution in [-0.4, -0.2) is 33.1 Å². The number of nitrogens with one attached hydrogen (secondary N) is 1. The van der Waals surface area contributed by atoms with Crippen molar-refractivity contribution < 1.29 is 18.0 Å². The lowest BCUT2D eigenvalue weighted by molar-refractivity contribution is 0.0179. The third kappa shape index (κ3) is 3.66.